The van der Waals surface area contributed by atoms with Crippen LogP contribution >= 0.6 is 0 Å². The van der Waals surface area contributed by atoms with Crippen LogP contribution < -0.4 is 10.6 Å². The lowest BCUT2D eigenvalue weighted by Crippen LogP contribution is -2.26. The van der Waals surface area contributed by atoms with Crippen molar-refractivity contribution in [3.05, 3.63) is 18.0 Å². The number of likely N-dealkylation sites (N-methyl/N-ethyl adjacent to an activating group) is 1. The van der Waals surface area contributed by atoms with E-state index in [0.29, 0.717) is 0 Å². The van der Waals surface area contributed by atoms with Crippen LogP contribution in [0.1, 0.15) is 5.69 Å². The van der Waals surface area contributed by atoms with Gasteiger partial charge in [-0.15, -0.1) is 0 Å². The van der Waals surface area contributed by atoms with Crippen LogP contribution in [0.25, 0.3) is 0 Å². The highest BCUT2D eigenvalue weighted by atomic mass is 16.1. The van der Waals surface area contributed by atoms with Gasteiger partial charge in [0.15, 0.2) is 0 Å². The average Bonchev–Trinajstić information content (AvgIpc) is 2.26. The van der Waals surface area contributed by atoms with Gasteiger partial charge in [0.05, 0.1) is 6.54 Å². The van der Waals surface area contributed by atoms with E-state index in [9.17, 15) is 4.79 Å². The highest BCUT2D eigenvalue weighted by Gasteiger charge is 2.00. The van der Waals surface area contributed by atoms with Crippen molar-refractivity contribution in [2.45, 2.75) is 0 Å². The number of hydrogen-bond acceptors (Lipinski definition) is 5. The Morgan fingerprint density at radius 2 is 2.50 bits per heavy atom. The molecule has 1 rings (SSSR count). The molecule has 1 aromatic rings. The number of carbonyl (C=O) groups excluding carboxylic acids is 1. The van der Waals surface area contributed by atoms with E-state index in [-0.39, 0.29) is 24.1 Å². The summed E-state index contributed by atoms with van der Waals surface area (Å²) in [5.41, 5.74) is 0.263. The maximum Gasteiger partial charge on any atom is 0.239 e. The SMILES string of the molecule is CNC(=O)CNc1nccc(C#N)n1. The molecule has 0 fully saturated rings. The first-order valence-electron chi connectivity index (χ1n) is 3.94. The standard InChI is InChI=1S/C8H9N5O/c1-10-7(14)5-12-8-11-3-2-6(4-9)13-8/h2-3H,5H2,1H3,(H,10,14)(H,11,12,13). The predicted molar refractivity (Wildman–Crippen MR) is 49.3 cm³/mol. The van der Waals surface area contributed by atoms with E-state index in [0.717, 1.165) is 0 Å². The number of amides is 1. The van der Waals surface area contributed by atoms with Crippen molar-refractivity contribution in [3.63, 3.8) is 0 Å². The van der Waals surface area contributed by atoms with Gasteiger partial charge >= 0.3 is 0 Å². The minimum atomic E-state index is -0.170. The molecular formula is C8H9N5O. The van der Waals surface area contributed by atoms with Crippen molar-refractivity contribution in [2.24, 2.45) is 0 Å². The zero-order chi connectivity index (χ0) is 10.4. The van der Waals surface area contributed by atoms with Gasteiger partial charge in [0, 0.05) is 13.2 Å². The van der Waals surface area contributed by atoms with Gasteiger partial charge in [-0.05, 0) is 6.07 Å². The van der Waals surface area contributed by atoms with Crippen LogP contribution in [-0.4, -0.2) is 29.5 Å². The van der Waals surface area contributed by atoms with Gasteiger partial charge in [-0.1, -0.05) is 0 Å². The van der Waals surface area contributed by atoms with E-state index >= 15 is 0 Å². The molecule has 0 aliphatic rings. The fourth-order valence-electron chi connectivity index (χ4n) is 0.754. The Hall–Kier alpha value is -2.16. The molecule has 1 aromatic heterocycles. The Morgan fingerprint density at radius 1 is 1.71 bits per heavy atom. The van der Waals surface area contributed by atoms with E-state index < -0.39 is 0 Å². The number of anilines is 1. The first-order valence-corrected chi connectivity index (χ1v) is 3.94. The molecule has 0 aliphatic carbocycles. The lowest BCUT2D eigenvalue weighted by molar-refractivity contribution is -0.118. The van der Waals surface area contributed by atoms with E-state index in [1.165, 1.54) is 19.3 Å². The van der Waals surface area contributed by atoms with Gasteiger partial charge in [-0.2, -0.15) is 5.26 Å². The first-order chi connectivity index (χ1) is 6.76. The number of nitrogens with zero attached hydrogens (tertiary/aromatic N) is 3. The van der Waals surface area contributed by atoms with Crippen molar-refractivity contribution in [2.75, 3.05) is 18.9 Å². The molecule has 0 radical (unpaired) electrons. The number of nitriles is 1. The van der Waals surface area contributed by atoms with Crippen LogP contribution in [0.4, 0.5) is 5.95 Å². The smallest absolute Gasteiger partial charge is 0.239 e. The van der Waals surface area contributed by atoms with Crippen molar-refractivity contribution in [1.29, 1.82) is 5.26 Å². The predicted octanol–water partition coefficient (Wildman–Crippen LogP) is -0.494. The largest absolute Gasteiger partial charge is 0.358 e. The van der Waals surface area contributed by atoms with Crippen molar-refractivity contribution in [1.82, 2.24) is 15.3 Å². The normalized spacial score (nSPS) is 8.86. The molecule has 72 valence electrons. The Morgan fingerprint density at radius 3 is 3.14 bits per heavy atom. The van der Waals surface area contributed by atoms with Gasteiger partial charge in [-0.25, -0.2) is 9.97 Å². The minimum absolute atomic E-state index is 0.0887. The molecule has 0 atom stereocenters. The Kier molecular flexibility index (Phi) is 3.38. The maximum atomic E-state index is 10.8. The van der Waals surface area contributed by atoms with E-state index in [1.54, 1.807) is 0 Å². The Labute approximate surface area is 81.0 Å². The number of nitrogens with one attached hydrogen (secondary N) is 2. The zero-order valence-electron chi connectivity index (χ0n) is 7.61. The molecule has 6 heteroatoms. The summed E-state index contributed by atoms with van der Waals surface area (Å²) in [6.07, 6.45) is 1.46. The molecule has 0 saturated carbocycles. The summed E-state index contributed by atoms with van der Waals surface area (Å²) in [7, 11) is 1.54. The third kappa shape index (κ3) is 2.71. The van der Waals surface area contributed by atoms with Crippen molar-refractivity contribution in [3.8, 4) is 6.07 Å². The van der Waals surface area contributed by atoms with E-state index in [2.05, 4.69) is 20.6 Å². The van der Waals surface area contributed by atoms with E-state index in [4.69, 9.17) is 5.26 Å². The van der Waals surface area contributed by atoms with Crippen molar-refractivity contribution < 1.29 is 4.79 Å². The minimum Gasteiger partial charge on any atom is -0.358 e. The first kappa shape index (κ1) is 9.92. The van der Waals surface area contributed by atoms with Crippen LogP contribution in [0, 0.1) is 11.3 Å². The molecule has 0 unspecified atom stereocenters. The Balaban J connectivity index is 2.60. The lowest BCUT2D eigenvalue weighted by atomic mass is 10.4. The quantitative estimate of drug-likeness (QED) is 0.672. The second kappa shape index (κ2) is 4.77. The third-order valence-corrected chi connectivity index (χ3v) is 1.46. The number of carbonyl (C=O) groups is 1. The molecular weight excluding hydrogens is 182 g/mol. The zero-order valence-corrected chi connectivity index (χ0v) is 7.61. The number of rotatable bonds is 3. The summed E-state index contributed by atoms with van der Waals surface area (Å²) in [5.74, 6) is 0.101. The van der Waals surface area contributed by atoms with Crippen LogP contribution in [0.15, 0.2) is 12.3 Å². The fourth-order valence-corrected chi connectivity index (χ4v) is 0.754. The summed E-state index contributed by atoms with van der Waals surface area (Å²) in [5, 5.41) is 13.7. The highest BCUT2D eigenvalue weighted by molar-refractivity contribution is 5.79. The second-order valence-electron chi connectivity index (χ2n) is 2.40. The molecule has 1 heterocycles. The van der Waals surface area contributed by atoms with E-state index in [1.807, 2.05) is 6.07 Å². The fraction of sp³-hybridized carbons (Fsp3) is 0.250. The number of hydrogen-bond donors (Lipinski definition) is 2. The molecule has 0 spiro atoms. The van der Waals surface area contributed by atoms with Gasteiger partial charge < -0.3 is 10.6 Å². The molecule has 0 aromatic carbocycles. The molecule has 6 nitrogen and oxygen atoms in total. The summed E-state index contributed by atoms with van der Waals surface area (Å²) in [6, 6.07) is 3.37. The van der Waals surface area contributed by atoms with Gasteiger partial charge in [0.25, 0.3) is 0 Å². The monoisotopic (exact) mass is 191 g/mol. The van der Waals surface area contributed by atoms with Gasteiger partial charge in [0.2, 0.25) is 11.9 Å². The lowest BCUT2D eigenvalue weighted by Gasteiger charge is -2.02. The van der Waals surface area contributed by atoms with Crippen LogP contribution in [-0.2, 0) is 4.79 Å². The van der Waals surface area contributed by atoms with Crippen LogP contribution in [0.5, 0.6) is 0 Å². The van der Waals surface area contributed by atoms with Crippen molar-refractivity contribution >= 4 is 11.9 Å². The van der Waals surface area contributed by atoms with Crippen LogP contribution in [0.3, 0.4) is 0 Å². The van der Waals surface area contributed by atoms with Gasteiger partial charge in [0.1, 0.15) is 11.8 Å². The summed E-state index contributed by atoms with van der Waals surface area (Å²) in [4.78, 5) is 18.5. The third-order valence-electron chi connectivity index (χ3n) is 1.46. The summed E-state index contributed by atoms with van der Waals surface area (Å²) in [6.45, 7) is 0.0887. The summed E-state index contributed by atoms with van der Waals surface area (Å²) < 4.78 is 0. The van der Waals surface area contributed by atoms with Crippen LogP contribution in [0.2, 0.25) is 0 Å². The summed E-state index contributed by atoms with van der Waals surface area (Å²) >= 11 is 0. The molecule has 14 heavy (non-hydrogen) atoms. The highest BCUT2D eigenvalue weighted by Crippen LogP contribution is 1.97. The molecule has 0 bridgehead atoms. The molecule has 2 N–H and O–H groups in total. The Bertz CT molecular complexity index is 370. The second-order valence-corrected chi connectivity index (χ2v) is 2.40. The molecule has 1 amide bonds. The van der Waals surface area contributed by atoms with Gasteiger partial charge in [-0.3, -0.25) is 4.79 Å². The number of aromatic nitrogens is 2. The maximum absolute atomic E-state index is 10.8. The topological polar surface area (TPSA) is 90.7 Å². The average molecular weight is 191 g/mol. The molecule has 0 aliphatic heterocycles. The molecule has 0 saturated heterocycles.